The Kier molecular flexibility index (Phi) is 30.8. The first-order valence-corrected chi connectivity index (χ1v) is 43.6. The number of benzene rings is 6. The zero-order valence-electron chi connectivity index (χ0n) is 99.3. The van der Waals surface area contributed by atoms with Gasteiger partial charge in [0.25, 0.3) is 0 Å². The molecule has 3 aliphatic rings. The van der Waals surface area contributed by atoms with Crippen molar-refractivity contribution in [2.24, 2.45) is 0 Å². The van der Waals surface area contributed by atoms with Crippen molar-refractivity contribution >= 4 is 86.5 Å². The van der Waals surface area contributed by atoms with Gasteiger partial charge in [0.05, 0.1) is 34.7 Å². The molecule has 0 amide bonds. The molecular formula is C107H127N27Pt3. The van der Waals surface area contributed by atoms with Crippen LogP contribution in [-0.4, -0.2) is 102 Å². The number of fused-ring (bicyclic) bond motifs is 3. The second kappa shape index (κ2) is 48.8. The van der Waals surface area contributed by atoms with Crippen molar-refractivity contribution < 1.29 is 87.9 Å². The van der Waals surface area contributed by atoms with Crippen LogP contribution in [0, 0.1) is 135 Å². The van der Waals surface area contributed by atoms with Crippen LogP contribution < -0.4 is 60.0 Å². The van der Waals surface area contributed by atoms with Crippen LogP contribution >= 0.6 is 0 Å². The number of anilines is 15. The van der Waals surface area contributed by atoms with Crippen LogP contribution in [0.25, 0.3) is 33.4 Å². The van der Waals surface area contributed by atoms with Crippen LogP contribution in [-0.2, 0) is 74.0 Å². The van der Waals surface area contributed by atoms with E-state index in [-0.39, 0.29) is 133 Å². The average Bonchev–Trinajstić information content (AvgIpc) is 1.69. The Labute approximate surface area is 883 Å². The van der Waals surface area contributed by atoms with Gasteiger partial charge in [0.1, 0.15) is 52.4 Å². The van der Waals surface area contributed by atoms with Gasteiger partial charge in [-0.25, -0.2) is 44.9 Å². The molecule has 9 heterocycles. The maximum Gasteiger partial charge on any atom is 4.00 e. The average molecular weight is 2390 g/mol. The molecule has 0 aliphatic carbocycles. The summed E-state index contributed by atoms with van der Waals surface area (Å²) in [6.45, 7) is 56.7. The fourth-order valence-corrected chi connectivity index (χ4v) is 15.4. The molecule has 30 heteroatoms. The monoisotopic (exact) mass is 2390 g/mol. The second-order valence-electron chi connectivity index (χ2n) is 36.3. The van der Waals surface area contributed by atoms with Crippen LogP contribution in [0.5, 0.6) is 0 Å². The predicted molar refractivity (Wildman–Crippen MR) is 543 cm³/mol. The molecule has 137 heavy (non-hydrogen) atoms. The van der Waals surface area contributed by atoms with Gasteiger partial charge in [0.15, 0.2) is 0 Å². The van der Waals surface area contributed by atoms with E-state index in [4.69, 9.17) is 75.1 Å². The first-order chi connectivity index (χ1) is 70.9. The zero-order valence-corrected chi connectivity index (χ0v) is 88.1. The molecule has 6 aromatic heterocycles. The number of hydrogen-bond acceptors (Lipinski definition) is 27. The van der Waals surface area contributed by atoms with E-state index in [0.29, 0.717) is 91.9 Å². The Morgan fingerprint density at radius 1 is 0.358 bits per heavy atom. The van der Waals surface area contributed by atoms with Gasteiger partial charge in [-0.15, -0.1) is 125 Å². The van der Waals surface area contributed by atoms with Crippen molar-refractivity contribution in [3.05, 3.63) is 291 Å². The van der Waals surface area contributed by atoms with Gasteiger partial charge in [-0.05, 0) is 180 Å². The van der Waals surface area contributed by atoms with Crippen molar-refractivity contribution in [3.63, 3.8) is 0 Å². The Morgan fingerprint density at radius 3 is 0.985 bits per heavy atom. The molecule has 27 nitrogen and oxygen atoms in total. The molecule has 0 saturated carbocycles. The fraction of sp³-hybridized carbons (Fsp3) is 0.355. The molecule has 0 unspecified atom stereocenters. The number of nitrogens with zero attached hydrogens (tertiary/aromatic N) is 24. The summed E-state index contributed by atoms with van der Waals surface area (Å²) in [5, 5.41) is 28.2. The van der Waals surface area contributed by atoms with E-state index in [9.17, 15) is 0 Å². The maximum absolute atomic E-state index is 8.52. The van der Waals surface area contributed by atoms with Gasteiger partial charge in [-0.2, -0.15) is 20.0 Å². The molecule has 720 valence electrons. The smallest absolute Gasteiger partial charge is 0.536 e. The van der Waals surface area contributed by atoms with Gasteiger partial charge in [0, 0.05) is 91.3 Å². The van der Waals surface area contributed by atoms with Gasteiger partial charge >= 0.3 is 63.2 Å². The van der Waals surface area contributed by atoms with Gasteiger partial charge < -0.3 is 95.6 Å². The summed E-state index contributed by atoms with van der Waals surface area (Å²) in [6.07, 6.45) is 15.1. The first-order valence-electron chi connectivity index (χ1n) is 52.6. The number of nitrogens with one attached hydrogen (secondary N) is 3. The third kappa shape index (κ3) is 26.3. The standard InChI is InChI=1S/C42H57N8.C34H41N8.C28H29N8.3CN.3Pt/c1-25(2)29-18-33(26(3)4)37(34(19-29)27(5)6)30-16-31(45-23-48(14)38-28(7)43-21-35(46-38)41(8,9)10)20-32(17-30)50-24-49(15)40-39(50)44-22-36(47-40)42(11,12)13;1-21(2)25-16-29(22(3)4)31(30(17-25)23(5)6)26-14-27(39-19-40(8)32-24(7)35-10-11-36-32)18-28(15-26)42-20-41(9)33-34(42)38-13-12-37-33;1-18-11-19(2)25(20(3)12-18)22-13-23(33-16-34(5)26-21(4)29-7-8-30-26)15-24(14-22)36-17-35(6)27-28(36)32-10-9-31-27;3*1-2;;;/h16-19,21-27,45H,1-15H3;10-17,19-23,39H,1-9H3;7-14,16-17,33H,1-6H3;;;;;;/q3*-3;3*-1;3*+4/i14D3,15D3;8D3,9D3;5D3,6D3;;;;;;. The van der Waals surface area contributed by atoms with Gasteiger partial charge in [-0.3, -0.25) is 15.0 Å². The van der Waals surface area contributed by atoms with Crippen molar-refractivity contribution in [1.29, 1.82) is 15.8 Å². The van der Waals surface area contributed by atoms with E-state index >= 15 is 0 Å². The molecule has 0 bridgehead atoms. The molecule has 0 radical (unpaired) electrons. The summed E-state index contributed by atoms with van der Waals surface area (Å²) in [7, 11) is 0. The molecule has 3 N–H and O–H groups in total. The van der Waals surface area contributed by atoms with Crippen molar-refractivity contribution in [2.45, 2.75) is 213 Å². The molecule has 12 aromatic rings. The first kappa shape index (κ1) is 86.5. The third-order valence-corrected chi connectivity index (χ3v) is 22.2. The molecule has 3 aliphatic heterocycles. The Morgan fingerprint density at radius 2 is 0.657 bits per heavy atom. The molecule has 0 fully saturated rings. The van der Waals surface area contributed by atoms with Crippen LogP contribution in [0.3, 0.4) is 0 Å². The van der Waals surface area contributed by atoms with Crippen molar-refractivity contribution in [2.75, 3.05) is 102 Å². The topological polar surface area (TPSA) is 291 Å². The van der Waals surface area contributed by atoms with Crippen LogP contribution in [0.2, 0.25) is 0 Å². The van der Waals surface area contributed by atoms with Crippen LogP contribution in [0.15, 0.2) is 135 Å². The predicted octanol–water partition coefficient (Wildman–Crippen LogP) is 23.8. The van der Waals surface area contributed by atoms with Crippen molar-refractivity contribution in [3.8, 4) is 33.4 Å². The SMILES string of the molecule is [2H]C([2H])([2H])N([CH-]Nc1[c-]c(N2[CH-]N(C([2H])([2H])[2H])c3nc(C(C)(C)C)cnc32)cc(-c2c(C(C)C)cc(C(C)C)cc2C(C)C)c1)c1nc(C(C)(C)C)cnc1C.[2H]C([2H])([2H])N([CH-]Nc1[c-]c(N2[CH-]N(C([2H])([2H])[2H])c3nccnc32)cc(-c2c(C(C)C)cc(C(C)C)cc2C(C)C)c1)c1nccnc1C.[2H]C([2H])([2H])N([CH-]Nc1[c-]c(N2[CH-]N(C([2H])([2H])[2H])c3nccnc32)cc(-c2c(C)cc(C)cc2C)c1)c1nccnc1C.[C-]#N.[C-]#N.[C-]#N.[Pt+4].[Pt+4].[Pt+4]. The Bertz CT molecular complexity index is 6800. The van der Waals surface area contributed by atoms with Gasteiger partial charge in [0.2, 0.25) is 0 Å². The normalized spacial score (nSPS) is 14.8. The van der Waals surface area contributed by atoms with E-state index < -0.39 is 41.9 Å². The molecule has 0 atom stereocenters. The number of hydrogen-bond donors (Lipinski definition) is 3. The number of aryl methyl sites for hydroxylation is 6. The summed E-state index contributed by atoms with van der Waals surface area (Å²) >= 11 is 0. The quantitative estimate of drug-likeness (QED) is 0.0474. The van der Waals surface area contributed by atoms with E-state index in [2.05, 4.69) is 198 Å². The Balaban J connectivity index is 0.000000306. The number of aromatic nitrogens is 12. The summed E-state index contributed by atoms with van der Waals surface area (Å²) in [5.74, 6) is 3.53. The van der Waals surface area contributed by atoms with E-state index in [1.165, 1.54) is 128 Å². The van der Waals surface area contributed by atoms with E-state index in [1.54, 1.807) is 47.9 Å². The fourth-order valence-electron chi connectivity index (χ4n) is 15.4. The molecular weight excluding hydrogens is 2250 g/mol. The minimum atomic E-state index is -2.62. The minimum Gasteiger partial charge on any atom is -0.536 e. The Hall–Kier alpha value is -12.1. The van der Waals surface area contributed by atoms with E-state index in [1.807, 2.05) is 98.7 Å². The molecule has 0 saturated heterocycles. The molecule has 15 rings (SSSR count). The molecule has 6 aromatic carbocycles. The third-order valence-electron chi connectivity index (χ3n) is 22.2. The number of rotatable bonds is 24. The molecule has 0 spiro atoms. The van der Waals surface area contributed by atoms with Crippen LogP contribution in [0.1, 0.15) is 263 Å². The maximum atomic E-state index is 8.52. The minimum absolute atomic E-state index is 0. The second-order valence-corrected chi connectivity index (χ2v) is 36.3. The van der Waals surface area contributed by atoms with Crippen LogP contribution in [0.4, 0.5) is 86.5 Å². The van der Waals surface area contributed by atoms with Gasteiger partial charge in [-0.1, -0.05) is 167 Å². The summed E-state index contributed by atoms with van der Waals surface area (Å²) in [5.41, 5.74) is 20.8. The summed E-state index contributed by atoms with van der Waals surface area (Å²) in [4.78, 5) is 64.8. The largest absolute Gasteiger partial charge is 4.00 e. The van der Waals surface area contributed by atoms with Crippen molar-refractivity contribution in [1.82, 2.24) is 59.8 Å². The summed E-state index contributed by atoms with van der Waals surface area (Å²) in [6, 6.07) is 34.9. The van der Waals surface area contributed by atoms with E-state index in [0.717, 1.165) is 74.6 Å². The summed E-state index contributed by atoms with van der Waals surface area (Å²) < 4.78 is 148. The zero-order chi connectivity index (χ0) is 113.